The van der Waals surface area contributed by atoms with Gasteiger partial charge in [0.1, 0.15) is 11.5 Å². The van der Waals surface area contributed by atoms with Gasteiger partial charge in [-0.25, -0.2) is 4.79 Å². The van der Waals surface area contributed by atoms with E-state index in [1.54, 1.807) is 31.3 Å². The molecular weight excluding hydrogens is 346 g/mol. The summed E-state index contributed by atoms with van der Waals surface area (Å²) in [5.74, 6) is 1.21. The molecule has 1 aromatic rings. The number of benzene rings is 1. The molecule has 0 bridgehead atoms. The summed E-state index contributed by atoms with van der Waals surface area (Å²) in [7, 11) is 3.15. The number of amides is 3. The van der Waals surface area contributed by atoms with Crippen molar-refractivity contribution < 1.29 is 19.1 Å². The zero-order chi connectivity index (χ0) is 19.1. The second-order valence-corrected chi connectivity index (χ2v) is 6.95. The molecule has 142 valence electrons. The van der Waals surface area contributed by atoms with Crippen molar-refractivity contribution in [3.8, 4) is 11.5 Å². The lowest BCUT2D eigenvalue weighted by atomic mass is 9.95. The van der Waals surface area contributed by atoms with Crippen molar-refractivity contribution in [2.24, 2.45) is 0 Å². The first kappa shape index (κ1) is 17.5. The fourth-order valence-corrected chi connectivity index (χ4v) is 3.76. The minimum Gasteiger partial charge on any atom is -0.497 e. The first-order chi connectivity index (χ1) is 13.1. The van der Waals surface area contributed by atoms with Crippen LogP contribution in [0.2, 0.25) is 0 Å². The number of methoxy groups -OCH3 is 2. The van der Waals surface area contributed by atoms with E-state index in [0.29, 0.717) is 30.2 Å². The van der Waals surface area contributed by atoms with Crippen LogP contribution in [0.25, 0.3) is 0 Å². The van der Waals surface area contributed by atoms with Gasteiger partial charge in [-0.05, 0) is 30.5 Å². The van der Waals surface area contributed by atoms with Gasteiger partial charge in [0.25, 0.3) is 5.91 Å². The molecule has 1 N–H and O–H groups in total. The van der Waals surface area contributed by atoms with Crippen molar-refractivity contribution in [3.63, 3.8) is 0 Å². The molecule has 3 amide bonds. The third-order valence-electron chi connectivity index (χ3n) is 5.26. The molecule has 1 aromatic carbocycles. The molecule has 1 saturated carbocycles. The van der Waals surface area contributed by atoms with Crippen molar-refractivity contribution in [1.29, 1.82) is 0 Å². The Hall–Kier alpha value is -2.96. The van der Waals surface area contributed by atoms with E-state index < -0.39 is 6.04 Å². The molecule has 1 unspecified atom stereocenters. The summed E-state index contributed by atoms with van der Waals surface area (Å²) in [6, 6.07) is 4.94. The van der Waals surface area contributed by atoms with Gasteiger partial charge in [-0.1, -0.05) is 6.08 Å². The normalized spacial score (nSPS) is 21.9. The maximum Gasteiger partial charge on any atom is 0.322 e. The van der Waals surface area contributed by atoms with Crippen LogP contribution >= 0.6 is 0 Å². The Labute approximate surface area is 158 Å². The average Bonchev–Trinajstić information content (AvgIpc) is 3.46. The van der Waals surface area contributed by atoms with Crippen molar-refractivity contribution in [2.45, 2.75) is 24.9 Å². The zero-order valence-corrected chi connectivity index (χ0v) is 15.5. The quantitative estimate of drug-likeness (QED) is 0.781. The summed E-state index contributed by atoms with van der Waals surface area (Å²) in [5, 5.41) is 2.97. The minimum atomic E-state index is -0.534. The topological polar surface area (TPSA) is 71.1 Å². The minimum absolute atomic E-state index is 0.00616. The van der Waals surface area contributed by atoms with Crippen LogP contribution < -0.4 is 14.8 Å². The molecule has 1 aliphatic carbocycles. The Morgan fingerprint density at radius 1 is 1.19 bits per heavy atom. The van der Waals surface area contributed by atoms with Gasteiger partial charge < -0.3 is 19.7 Å². The standard InChI is InChI=1S/C20H23N3O4/c1-4-7-22-16-11-23(13-5-6-13)19(24)17(16)18(21-20(22)25)12-8-14(26-2)10-15(9-12)27-3/h4,8-10,13,18H,1,5-7,11H2,2-3H3,(H,21,25). The smallest absolute Gasteiger partial charge is 0.322 e. The van der Waals surface area contributed by atoms with Gasteiger partial charge in [0, 0.05) is 18.7 Å². The van der Waals surface area contributed by atoms with Crippen LogP contribution in [-0.4, -0.2) is 55.1 Å². The predicted molar refractivity (Wildman–Crippen MR) is 99.5 cm³/mol. The molecule has 2 heterocycles. The van der Waals surface area contributed by atoms with Gasteiger partial charge in [0.2, 0.25) is 0 Å². The number of ether oxygens (including phenoxy) is 2. The van der Waals surface area contributed by atoms with Crippen LogP contribution in [0.5, 0.6) is 11.5 Å². The Morgan fingerprint density at radius 2 is 1.85 bits per heavy atom. The summed E-state index contributed by atoms with van der Waals surface area (Å²) >= 11 is 0. The number of hydrogen-bond acceptors (Lipinski definition) is 4. The van der Waals surface area contributed by atoms with Crippen molar-refractivity contribution in [3.05, 3.63) is 47.7 Å². The average molecular weight is 369 g/mol. The molecular formula is C20H23N3O4. The highest BCUT2D eigenvalue weighted by molar-refractivity contribution is 6.01. The van der Waals surface area contributed by atoms with E-state index in [1.165, 1.54) is 0 Å². The molecule has 7 nitrogen and oxygen atoms in total. The molecule has 3 aliphatic rings. The lowest BCUT2D eigenvalue weighted by molar-refractivity contribution is -0.126. The van der Waals surface area contributed by atoms with E-state index in [-0.39, 0.29) is 18.0 Å². The SMILES string of the molecule is C=CCN1C(=O)NC(c2cc(OC)cc(OC)c2)C2=C1CN(C1CC1)C2=O. The largest absolute Gasteiger partial charge is 0.497 e. The van der Waals surface area contributed by atoms with Crippen molar-refractivity contribution in [1.82, 2.24) is 15.1 Å². The highest BCUT2D eigenvalue weighted by Crippen LogP contribution is 2.41. The lowest BCUT2D eigenvalue weighted by Crippen LogP contribution is -2.47. The number of carbonyl (C=O) groups is 2. The number of hydrogen-bond donors (Lipinski definition) is 1. The summed E-state index contributed by atoms with van der Waals surface area (Å²) < 4.78 is 10.7. The molecule has 0 aromatic heterocycles. The highest BCUT2D eigenvalue weighted by atomic mass is 16.5. The fraction of sp³-hybridized carbons (Fsp3) is 0.400. The van der Waals surface area contributed by atoms with Crippen LogP contribution in [0, 0.1) is 0 Å². The molecule has 0 radical (unpaired) electrons. The van der Waals surface area contributed by atoms with Crippen LogP contribution in [0.4, 0.5) is 4.79 Å². The molecule has 2 aliphatic heterocycles. The third kappa shape index (κ3) is 2.93. The van der Waals surface area contributed by atoms with Crippen LogP contribution in [0.15, 0.2) is 42.1 Å². The number of carbonyl (C=O) groups excluding carboxylic acids is 2. The number of nitrogens with one attached hydrogen (secondary N) is 1. The van der Waals surface area contributed by atoms with Gasteiger partial charge in [0.15, 0.2) is 0 Å². The number of rotatable bonds is 6. The fourth-order valence-electron chi connectivity index (χ4n) is 3.76. The number of nitrogens with zero attached hydrogens (tertiary/aromatic N) is 2. The van der Waals surface area contributed by atoms with Gasteiger partial charge in [-0.3, -0.25) is 9.69 Å². The van der Waals surface area contributed by atoms with Gasteiger partial charge in [0.05, 0.1) is 38.1 Å². The molecule has 0 saturated heterocycles. The van der Waals surface area contributed by atoms with E-state index in [0.717, 1.165) is 24.1 Å². The van der Waals surface area contributed by atoms with Gasteiger partial charge >= 0.3 is 6.03 Å². The van der Waals surface area contributed by atoms with Crippen LogP contribution in [0.1, 0.15) is 24.4 Å². The molecule has 1 atom stereocenters. The van der Waals surface area contributed by atoms with E-state index >= 15 is 0 Å². The molecule has 1 fully saturated rings. The summed E-state index contributed by atoms with van der Waals surface area (Å²) in [5.41, 5.74) is 2.15. The monoisotopic (exact) mass is 369 g/mol. The maximum atomic E-state index is 13.2. The first-order valence-electron chi connectivity index (χ1n) is 9.03. The molecule has 0 spiro atoms. The van der Waals surface area contributed by atoms with E-state index in [2.05, 4.69) is 11.9 Å². The van der Waals surface area contributed by atoms with Crippen LogP contribution in [-0.2, 0) is 4.79 Å². The zero-order valence-electron chi connectivity index (χ0n) is 15.5. The van der Waals surface area contributed by atoms with Crippen molar-refractivity contribution in [2.75, 3.05) is 27.3 Å². The van der Waals surface area contributed by atoms with Crippen LogP contribution in [0.3, 0.4) is 0 Å². The Kier molecular flexibility index (Phi) is 4.30. The number of urea groups is 1. The Bertz CT molecular complexity index is 821. The lowest BCUT2D eigenvalue weighted by Gasteiger charge is -2.33. The van der Waals surface area contributed by atoms with E-state index in [4.69, 9.17) is 9.47 Å². The summed E-state index contributed by atoms with van der Waals surface area (Å²) in [6.45, 7) is 4.57. The molecule has 7 heteroatoms. The predicted octanol–water partition coefficient (Wildman–Crippen LogP) is 2.21. The second-order valence-electron chi connectivity index (χ2n) is 6.95. The highest BCUT2D eigenvalue weighted by Gasteiger charge is 2.47. The van der Waals surface area contributed by atoms with E-state index in [9.17, 15) is 9.59 Å². The van der Waals surface area contributed by atoms with Gasteiger partial charge in [-0.2, -0.15) is 0 Å². The third-order valence-corrected chi connectivity index (χ3v) is 5.26. The van der Waals surface area contributed by atoms with E-state index in [1.807, 2.05) is 17.0 Å². The Balaban J connectivity index is 1.79. The summed E-state index contributed by atoms with van der Waals surface area (Å²) in [6.07, 6.45) is 3.71. The first-order valence-corrected chi connectivity index (χ1v) is 9.03. The molecule has 27 heavy (non-hydrogen) atoms. The second kappa shape index (κ2) is 6.64. The maximum absolute atomic E-state index is 13.2. The Morgan fingerprint density at radius 3 is 2.41 bits per heavy atom. The van der Waals surface area contributed by atoms with Crippen molar-refractivity contribution >= 4 is 11.9 Å². The summed E-state index contributed by atoms with van der Waals surface area (Å²) in [4.78, 5) is 29.4. The van der Waals surface area contributed by atoms with Gasteiger partial charge in [-0.15, -0.1) is 6.58 Å². The molecule has 4 rings (SSSR count).